The molecule has 2 aromatic carbocycles. The summed E-state index contributed by atoms with van der Waals surface area (Å²) in [6.45, 7) is 17.3. The van der Waals surface area contributed by atoms with Crippen LogP contribution in [0.4, 0.5) is 5.69 Å². The molecule has 0 fully saturated rings. The number of rotatable bonds is 12. The Morgan fingerprint density at radius 1 is 0.828 bits per heavy atom. The standard InChI is InChI=1S/C27H36ClN/c1-6-9-10-11-12-15-21(4)24-16-13-14-17-25(24)22(5)26-19-18-23(20-27(26)28)29(7-2)8-3/h13-14,16-20H,4-12,15H2,1-3H3. The highest BCUT2D eigenvalue weighted by molar-refractivity contribution is 6.33. The lowest BCUT2D eigenvalue weighted by molar-refractivity contribution is 0.640. The van der Waals surface area contributed by atoms with Crippen LogP contribution in [0.3, 0.4) is 0 Å². The molecule has 1 nitrogen and oxygen atoms in total. The largest absolute Gasteiger partial charge is 0.372 e. The molecule has 0 unspecified atom stereocenters. The molecule has 0 bridgehead atoms. The first-order valence-electron chi connectivity index (χ1n) is 11.0. The van der Waals surface area contributed by atoms with Crippen molar-refractivity contribution in [2.24, 2.45) is 0 Å². The molecule has 29 heavy (non-hydrogen) atoms. The zero-order valence-corrected chi connectivity index (χ0v) is 19.2. The predicted octanol–water partition coefficient (Wildman–Crippen LogP) is 8.62. The second kappa shape index (κ2) is 11.9. The first-order chi connectivity index (χ1) is 14.0. The first kappa shape index (κ1) is 23.3. The molecular weight excluding hydrogens is 374 g/mol. The molecule has 0 saturated heterocycles. The smallest absolute Gasteiger partial charge is 0.0505 e. The minimum absolute atomic E-state index is 0.749. The van der Waals surface area contributed by atoms with Gasteiger partial charge in [0.15, 0.2) is 0 Å². The highest BCUT2D eigenvalue weighted by Gasteiger charge is 2.14. The average Bonchev–Trinajstić information content (AvgIpc) is 2.74. The Kier molecular flexibility index (Phi) is 9.54. The summed E-state index contributed by atoms with van der Waals surface area (Å²) in [5.74, 6) is 0. The number of nitrogens with zero attached hydrogens (tertiary/aromatic N) is 1. The molecule has 0 aliphatic heterocycles. The van der Waals surface area contributed by atoms with Crippen molar-refractivity contribution < 1.29 is 0 Å². The van der Waals surface area contributed by atoms with Crippen LogP contribution >= 0.6 is 11.6 Å². The highest BCUT2D eigenvalue weighted by atomic mass is 35.5. The van der Waals surface area contributed by atoms with Crippen molar-refractivity contribution in [3.8, 4) is 0 Å². The van der Waals surface area contributed by atoms with E-state index in [1.807, 2.05) is 0 Å². The van der Waals surface area contributed by atoms with Gasteiger partial charge in [-0.2, -0.15) is 0 Å². The van der Waals surface area contributed by atoms with Crippen LogP contribution < -0.4 is 4.90 Å². The Balaban J connectivity index is 2.20. The SMILES string of the molecule is C=C(CCCCCCC)c1ccccc1C(=C)c1ccc(N(CC)CC)cc1Cl. The van der Waals surface area contributed by atoms with Gasteiger partial charge in [0.25, 0.3) is 0 Å². The summed E-state index contributed by atoms with van der Waals surface area (Å²) in [7, 11) is 0. The van der Waals surface area contributed by atoms with Crippen LogP contribution in [0, 0.1) is 0 Å². The van der Waals surface area contributed by atoms with Gasteiger partial charge in [-0.1, -0.05) is 87.7 Å². The van der Waals surface area contributed by atoms with Gasteiger partial charge in [-0.05, 0) is 61.1 Å². The summed E-state index contributed by atoms with van der Waals surface area (Å²) < 4.78 is 0. The van der Waals surface area contributed by atoms with E-state index in [0.717, 1.165) is 46.9 Å². The van der Waals surface area contributed by atoms with Gasteiger partial charge in [-0.15, -0.1) is 0 Å². The summed E-state index contributed by atoms with van der Waals surface area (Å²) in [6.07, 6.45) is 7.40. The Labute approximate surface area is 183 Å². The normalized spacial score (nSPS) is 10.8. The average molecular weight is 410 g/mol. The van der Waals surface area contributed by atoms with Crippen molar-refractivity contribution in [2.45, 2.75) is 59.3 Å². The molecule has 2 rings (SSSR count). The fraction of sp³-hybridized carbons (Fsp3) is 0.407. The molecule has 0 radical (unpaired) electrons. The number of benzene rings is 2. The molecule has 0 atom stereocenters. The Morgan fingerprint density at radius 2 is 1.48 bits per heavy atom. The fourth-order valence-electron chi connectivity index (χ4n) is 3.81. The number of hydrogen-bond donors (Lipinski definition) is 0. The van der Waals surface area contributed by atoms with E-state index in [4.69, 9.17) is 11.6 Å². The zero-order chi connectivity index (χ0) is 21.2. The summed E-state index contributed by atoms with van der Waals surface area (Å²) in [5, 5.41) is 0.749. The lowest BCUT2D eigenvalue weighted by atomic mass is 9.90. The van der Waals surface area contributed by atoms with E-state index in [2.05, 4.69) is 81.3 Å². The number of unbranched alkanes of at least 4 members (excludes halogenated alkanes) is 4. The van der Waals surface area contributed by atoms with Crippen molar-refractivity contribution in [1.29, 1.82) is 0 Å². The molecule has 156 valence electrons. The van der Waals surface area contributed by atoms with Crippen LogP contribution in [-0.4, -0.2) is 13.1 Å². The van der Waals surface area contributed by atoms with E-state index < -0.39 is 0 Å². The van der Waals surface area contributed by atoms with Crippen LogP contribution in [0.15, 0.2) is 55.6 Å². The molecule has 0 heterocycles. The molecule has 2 heteroatoms. The van der Waals surface area contributed by atoms with Crippen LogP contribution in [-0.2, 0) is 0 Å². The minimum Gasteiger partial charge on any atom is -0.372 e. The van der Waals surface area contributed by atoms with Crippen molar-refractivity contribution in [3.05, 3.63) is 77.3 Å². The molecule has 0 N–H and O–H groups in total. The third-order valence-electron chi connectivity index (χ3n) is 5.62. The number of allylic oxidation sites excluding steroid dienone is 1. The van der Waals surface area contributed by atoms with E-state index in [0.29, 0.717) is 0 Å². The van der Waals surface area contributed by atoms with Crippen LogP contribution in [0.25, 0.3) is 11.1 Å². The maximum Gasteiger partial charge on any atom is 0.0505 e. The number of anilines is 1. The molecule has 0 aliphatic rings. The van der Waals surface area contributed by atoms with E-state index in [-0.39, 0.29) is 0 Å². The second-order valence-corrected chi connectivity index (χ2v) is 8.04. The summed E-state index contributed by atoms with van der Waals surface area (Å²) in [6, 6.07) is 14.7. The Morgan fingerprint density at radius 3 is 2.10 bits per heavy atom. The summed E-state index contributed by atoms with van der Waals surface area (Å²) in [5.41, 5.74) is 6.62. The molecule has 2 aromatic rings. The van der Waals surface area contributed by atoms with Crippen LogP contribution in [0.2, 0.25) is 5.02 Å². The van der Waals surface area contributed by atoms with E-state index in [1.54, 1.807) is 0 Å². The van der Waals surface area contributed by atoms with Gasteiger partial charge in [0.2, 0.25) is 0 Å². The lowest BCUT2D eigenvalue weighted by Crippen LogP contribution is -2.21. The van der Waals surface area contributed by atoms with Crippen LogP contribution in [0.1, 0.15) is 76.0 Å². The number of hydrogen-bond acceptors (Lipinski definition) is 1. The monoisotopic (exact) mass is 409 g/mol. The maximum absolute atomic E-state index is 6.69. The maximum atomic E-state index is 6.69. The van der Waals surface area contributed by atoms with E-state index in [1.165, 1.54) is 43.2 Å². The summed E-state index contributed by atoms with van der Waals surface area (Å²) in [4.78, 5) is 2.30. The quantitative estimate of drug-likeness (QED) is 0.317. The molecule has 0 aromatic heterocycles. The van der Waals surface area contributed by atoms with Gasteiger partial charge in [-0.3, -0.25) is 0 Å². The second-order valence-electron chi connectivity index (χ2n) is 7.63. The summed E-state index contributed by atoms with van der Waals surface area (Å²) >= 11 is 6.69. The third kappa shape index (κ3) is 6.24. The highest BCUT2D eigenvalue weighted by Crippen LogP contribution is 2.35. The van der Waals surface area contributed by atoms with Crippen molar-refractivity contribution >= 4 is 28.4 Å². The topological polar surface area (TPSA) is 3.24 Å². The lowest BCUT2D eigenvalue weighted by Gasteiger charge is -2.22. The van der Waals surface area contributed by atoms with Gasteiger partial charge in [0.05, 0.1) is 5.02 Å². The zero-order valence-electron chi connectivity index (χ0n) is 18.4. The van der Waals surface area contributed by atoms with Crippen molar-refractivity contribution in [1.82, 2.24) is 0 Å². The molecule has 0 spiro atoms. The molecule has 0 amide bonds. The van der Waals surface area contributed by atoms with Gasteiger partial charge >= 0.3 is 0 Å². The third-order valence-corrected chi connectivity index (χ3v) is 5.93. The molecular formula is C27H36ClN. The van der Waals surface area contributed by atoms with Gasteiger partial charge in [0, 0.05) is 24.3 Å². The van der Waals surface area contributed by atoms with E-state index >= 15 is 0 Å². The van der Waals surface area contributed by atoms with Gasteiger partial charge in [0.1, 0.15) is 0 Å². The first-order valence-corrected chi connectivity index (χ1v) is 11.4. The van der Waals surface area contributed by atoms with Gasteiger partial charge in [-0.25, -0.2) is 0 Å². The van der Waals surface area contributed by atoms with Crippen molar-refractivity contribution in [3.63, 3.8) is 0 Å². The van der Waals surface area contributed by atoms with Crippen molar-refractivity contribution in [2.75, 3.05) is 18.0 Å². The molecule has 0 saturated carbocycles. The molecule has 0 aliphatic carbocycles. The Hall–Kier alpha value is -1.99. The predicted molar refractivity (Wildman–Crippen MR) is 132 cm³/mol. The minimum atomic E-state index is 0.749. The fourth-order valence-corrected chi connectivity index (χ4v) is 4.10. The number of halogens is 1. The van der Waals surface area contributed by atoms with E-state index in [9.17, 15) is 0 Å². The van der Waals surface area contributed by atoms with Crippen LogP contribution in [0.5, 0.6) is 0 Å². The Bertz CT molecular complexity index is 817. The van der Waals surface area contributed by atoms with Gasteiger partial charge < -0.3 is 4.90 Å².